The largest absolute Gasteiger partial charge is 0.497 e. The van der Waals surface area contributed by atoms with Crippen LogP contribution in [-0.4, -0.2) is 52.2 Å². The monoisotopic (exact) mass is 774 g/mol. The van der Waals surface area contributed by atoms with Crippen LogP contribution in [0.15, 0.2) is 102 Å². The van der Waals surface area contributed by atoms with Crippen molar-refractivity contribution in [3.05, 3.63) is 135 Å². The molecular formula is C36H31Cl2F3N4O6S. The standard InChI is InChI=1S/C36H31Cl2F3N4O6S/c1-49-22-45(52(47,48)29-12-13-31(38)30(18-29)36(39,40)41)32-17-26(37)19-43-34(32)35(46)25-14-15-42-33(16-25)44(20-23-4-8-27(50-2)9-5-23)21-24-6-10-28(51-3)11-7-24/h4-19H,20-22H2,1-3H3. The lowest BCUT2D eigenvalue weighted by atomic mass is 10.1. The topological polar surface area (TPSA) is 111 Å². The minimum absolute atomic E-state index is 0.0458. The van der Waals surface area contributed by atoms with Crippen molar-refractivity contribution in [2.24, 2.45) is 0 Å². The van der Waals surface area contributed by atoms with E-state index in [-0.39, 0.29) is 22.0 Å². The normalized spacial score (nSPS) is 11.6. The number of ether oxygens (including phenoxy) is 3. The van der Waals surface area contributed by atoms with Crippen LogP contribution in [0.5, 0.6) is 11.5 Å². The van der Waals surface area contributed by atoms with Gasteiger partial charge in [-0.1, -0.05) is 47.5 Å². The lowest BCUT2D eigenvalue weighted by Gasteiger charge is -2.26. The molecule has 5 rings (SSSR count). The van der Waals surface area contributed by atoms with Crippen molar-refractivity contribution < 1.29 is 40.6 Å². The molecule has 0 saturated heterocycles. The molecule has 0 amide bonds. The van der Waals surface area contributed by atoms with E-state index < -0.39 is 44.2 Å². The number of methoxy groups -OCH3 is 3. The first kappa shape index (κ1) is 38.3. The second kappa shape index (κ2) is 16.2. The van der Waals surface area contributed by atoms with Gasteiger partial charge in [-0.25, -0.2) is 22.7 Å². The lowest BCUT2D eigenvalue weighted by Crippen LogP contribution is -2.34. The highest BCUT2D eigenvalue weighted by Gasteiger charge is 2.37. The molecule has 0 atom stereocenters. The molecule has 52 heavy (non-hydrogen) atoms. The zero-order chi connectivity index (χ0) is 37.6. The maximum atomic E-state index is 14.2. The second-order valence-corrected chi connectivity index (χ2v) is 13.9. The molecule has 0 aliphatic heterocycles. The highest BCUT2D eigenvalue weighted by molar-refractivity contribution is 7.92. The lowest BCUT2D eigenvalue weighted by molar-refractivity contribution is -0.137. The van der Waals surface area contributed by atoms with Crippen LogP contribution in [0.2, 0.25) is 10.0 Å². The molecule has 2 aromatic heterocycles. The van der Waals surface area contributed by atoms with Crippen molar-refractivity contribution in [2.75, 3.05) is 37.3 Å². The van der Waals surface area contributed by atoms with E-state index in [4.69, 9.17) is 37.4 Å². The summed E-state index contributed by atoms with van der Waals surface area (Å²) < 4.78 is 85.3. The number of rotatable bonds is 14. The predicted octanol–water partition coefficient (Wildman–Crippen LogP) is 8.06. The van der Waals surface area contributed by atoms with Gasteiger partial charge in [0.05, 0.1) is 40.4 Å². The molecule has 0 fully saturated rings. The van der Waals surface area contributed by atoms with Gasteiger partial charge in [0, 0.05) is 38.2 Å². The molecule has 0 unspecified atom stereocenters. The third-order valence-corrected chi connectivity index (χ3v) is 10.1. The molecule has 0 spiro atoms. The van der Waals surface area contributed by atoms with Gasteiger partial charge in [-0.3, -0.25) is 4.79 Å². The van der Waals surface area contributed by atoms with Crippen LogP contribution in [-0.2, 0) is 34.0 Å². The van der Waals surface area contributed by atoms with E-state index in [0.717, 1.165) is 29.5 Å². The zero-order valence-corrected chi connectivity index (χ0v) is 30.2. The average Bonchev–Trinajstić information content (AvgIpc) is 3.13. The summed E-state index contributed by atoms with van der Waals surface area (Å²) >= 11 is 12.0. The van der Waals surface area contributed by atoms with Gasteiger partial charge >= 0.3 is 6.18 Å². The Morgan fingerprint density at radius 1 is 0.808 bits per heavy atom. The number of sulfonamides is 1. The van der Waals surface area contributed by atoms with Gasteiger partial charge in [0.25, 0.3) is 10.0 Å². The summed E-state index contributed by atoms with van der Waals surface area (Å²) in [6.45, 7) is 0.0612. The molecule has 0 aliphatic rings. The van der Waals surface area contributed by atoms with Gasteiger partial charge < -0.3 is 19.1 Å². The molecular weight excluding hydrogens is 744 g/mol. The minimum Gasteiger partial charge on any atom is -0.497 e. The van der Waals surface area contributed by atoms with Crippen molar-refractivity contribution >= 4 is 50.5 Å². The first-order valence-corrected chi connectivity index (χ1v) is 17.5. The van der Waals surface area contributed by atoms with Crippen LogP contribution in [0.25, 0.3) is 0 Å². The Labute approximate surface area is 308 Å². The van der Waals surface area contributed by atoms with Crippen LogP contribution in [0.1, 0.15) is 32.7 Å². The van der Waals surface area contributed by atoms with Crippen LogP contribution in [0, 0.1) is 0 Å². The van der Waals surface area contributed by atoms with E-state index in [9.17, 15) is 26.4 Å². The Kier molecular flexibility index (Phi) is 11.9. The molecule has 0 N–H and O–H groups in total. The molecule has 0 saturated carbocycles. The van der Waals surface area contributed by atoms with E-state index in [2.05, 4.69) is 9.97 Å². The van der Waals surface area contributed by atoms with E-state index >= 15 is 0 Å². The van der Waals surface area contributed by atoms with Crippen LogP contribution < -0.4 is 18.7 Å². The number of halogens is 5. The Morgan fingerprint density at radius 2 is 1.40 bits per heavy atom. The van der Waals surface area contributed by atoms with E-state index in [0.29, 0.717) is 40.8 Å². The van der Waals surface area contributed by atoms with E-state index in [1.54, 1.807) is 20.3 Å². The van der Waals surface area contributed by atoms with Crippen molar-refractivity contribution in [3.8, 4) is 11.5 Å². The van der Waals surface area contributed by atoms with Gasteiger partial charge in [0.15, 0.2) is 0 Å². The van der Waals surface area contributed by atoms with Crippen molar-refractivity contribution in [2.45, 2.75) is 24.2 Å². The van der Waals surface area contributed by atoms with Crippen LogP contribution in [0.3, 0.4) is 0 Å². The molecule has 272 valence electrons. The summed E-state index contributed by atoms with van der Waals surface area (Å²) in [6.07, 6.45) is -2.36. The van der Waals surface area contributed by atoms with Crippen molar-refractivity contribution in [1.29, 1.82) is 0 Å². The maximum absolute atomic E-state index is 14.2. The average molecular weight is 776 g/mol. The number of hydrogen-bond donors (Lipinski definition) is 0. The summed E-state index contributed by atoms with van der Waals surface area (Å²) in [5.41, 5.74) is -0.0995. The number of hydrogen-bond acceptors (Lipinski definition) is 9. The SMILES string of the molecule is COCN(c1cc(Cl)cnc1C(=O)c1ccnc(N(Cc2ccc(OC)cc2)Cc2ccc(OC)cc2)c1)S(=O)(=O)c1ccc(Cl)c(C(F)(F)F)c1. The summed E-state index contributed by atoms with van der Waals surface area (Å²) in [5.74, 6) is 1.07. The maximum Gasteiger partial charge on any atom is 0.417 e. The number of alkyl halides is 3. The molecule has 0 radical (unpaired) electrons. The van der Waals surface area contributed by atoms with E-state index in [1.165, 1.54) is 25.4 Å². The minimum atomic E-state index is -4.94. The molecule has 0 bridgehead atoms. The molecule has 10 nitrogen and oxygen atoms in total. The van der Waals surface area contributed by atoms with Gasteiger partial charge in [0.2, 0.25) is 5.78 Å². The number of carbonyl (C=O) groups excluding carboxylic acids is 1. The van der Waals surface area contributed by atoms with Crippen molar-refractivity contribution in [1.82, 2.24) is 9.97 Å². The number of ketones is 1. The Morgan fingerprint density at radius 3 is 1.94 bits per heavy atom. The quantitative estimate of drug-likeness (QED) is 0.0818. The summed E-state index contributed by atoms with van der Waals surface area (Å²) in [6, 6.07) is 21.2. The fourth-order valence-electron chi connectivity index (χ4n) is 5.18. The van der Waals surface area contributed by atoms with Crippen LogP contribution in [0.4, 0.5) is 24.7 Å². The number of anilines is 2. The van der Waals surface area contributed by atoms with Gasteiger partial charge in [-0.05, 0) is 71.8 Å². The number of nitrogens with zero attached hydrogens (tertiary/aromatic N) is 4. The molecule has 2 heterocycles. The summed E-state index contributed by atoms with van der Waals surface area (Å²) in [5, 5.41) is -0.734. The number of pyridine rings is 2. The fourth-order valence-corrected chi connectivity index (χ4v) is 6.96. The molecule has 3 aromatic carbocycles. The first-order valence-electron chi connectivity index (χ1n) is 15.3. The molecule has 5 aromatic rings. The highest BCUT2D eigenvalue weighted by atomic mass is 35.5. The Hall–Kier alpha value is -4.89. The Balaban J connectivity index is 1.55. The van der Waals surface area contributed by atoms with Gasteiger partial charge in [-0.2, -0.15) is 13.2 Å². The van der Waals surface area contributed by atoms with E-state index in [1.807, 2.05) is 53.4 Å². The molecule has 16 heteroatoms. The highest BCUT2D eigenvalue weighted by Crippen LogP contribution is 2.38. The van der Waals surface area contributed by atoms with Gasteiger partial charge in [-0.15, -0.1) is 0 Å². The first-order chi connectivity index (χ1) is 24.7. The fraction of sp³-hybridized carbons (Fsp3) is 0.194. The number of carbonyl (C=O) groups is 1. The number of aromatic nitrogens is 2. The summed E-state index contributed by atoms with van der Waals surface area (Å²) in [7, 11) is -0.484. The molecule has 0 aliphatic carbocycles. The predicted molar refractivity (Wildman–Crippen MR) is 191 cm³/mol. The smallest absolute Gasteiger partial charge is 0.417 e. The zero-order valence-electron chi connectivity index (χ0n) is 27.9. The van der Waals surface area contributed by atoms with Crippen LogP contribution >= 0.6 is 23.2 Å². The van der Waals surface area contributed by atoms with Crippen molar-refractivity contribution in [3.63, 3.8) is 0 Å². The third-order valence-electron chi connectivity index (χ3n) is 7.79. The third kappa shape index (κ3) is 8.76. The Bertz CT molecular complexity index is 2110. The number of benzene rings is 3. The second-order valence-electron chi connectivity index (χ2n) is 11.2. The summed E-state index contributed by atoms with van der Waals surface area (Å²) in [4.78, 5) is 24.1. The van der Waals surface area contributed by atoms with Gasteiger partial charge in [0.1, 0.15) is 29.7 Å².